The molecule has 0 aliphatic carbocycles. The molecule has 0 atom stereocenters. The van der Waals surface area contributed by atoms with Gasteiger partial charge in [0.25, 0.3) is 0 Å². The van der Waals surface area contributed by atoms with Gasteiger partial charge in [0.05, 0.1) is 17.9 Å². The van der Waals surface area contributed by atoms with Gasteiger partial charge in [-0.25, -0.2) is 0 Å². The van der Waals surface area contributed by atoms with E-state index in [1.54, 1.807) is 11.8 Å². The van der Waals surface area contributed by atoms with E-state index in [0.717, 1.165) is 10.4 Å². The van der Waals surface area contributed by atoms with Crippen molar-refractivity contribution in [3.8, 4) is 0 Å². The molecular formula is C10H21O2PS2. The summed E-state index contributed by atoms with van der Waals surface area (Å²) in [6.45, 7) is 9.16. The van der Waals surface area contributed by atoms with E-state index in [1.165, 1.54) is 5.57 Å². The van der Waals surface area contributed by atoms with Gasteiger partial charge in [-0.15, -0.1) is 11.8 Å². The first-order valence-electron chi connectivity index (χ1n) is 5.21. The molecule has 5 heteroatoms. The monoisotopic (exact) mass is 268 g/mol. The summed E-state index contributed by atoms with van der Waals surface area (Å²) in [5.74, 6) is 0.999. The Morgan fingerprint density at radius 2 is 1.60 bits per heavy atom. The lowest BCUT2D eigenvalue weighted by molar-refractivity contribution is 0.273. The van der Waals surface area contributed by atoms with Crippen LogP contribution in [0.5, 0.6) is 0 Å². The van der Waals surface area contributed by atoms with E-state index in [1.807, 2.05) is 13.8 Å². The minimum atomic E-state index is -2.23. The third-order valence-corrected chi connectivity index (χ3v) is 7.30. The highest BCUT2D eigenvalue weighted by molar-refractivity contribution is 8.22. The Balaban J connectivity index is 5.01. The summed E-state index contributed by atoms with van der Waals surface area (Å²) in [6.07, 6.45) is 0. The average Bonchev–Trinajstić information content (AvgIpc) is 2.14. The molecule has 0 aliphatic rings. The van der Waals surface area contributed by atoms with Gasteiger partial charge in [0.1, 0.15) is 0 Å². The van der Waals surface area contributed by atoms with Gasteiger partial charge in [-0.05, 0) is 45.3 Å². The second-order valence-corrected chi connectivity index (χ2v) is 8.05. The van der Waals surface area contributed by atoms with Crippen molar-refractivity contribution in [1.82, 2.24) is 0 Å². The Bertz CT molecular complexity index is 250. The molecular weight excluding hydrogens is 247 g/mol. The molecule has 2 nitrogen and oxygen atoms in total. The number of rotatable bonds is 7. The SMILES string of the molecule is CCOP(=S)(OCC)C(SCC)=C(C)C. The van der Waals surface area contributed by atoms with Crippen LogP contribution in [0.3, 0.4) is 0 Å². The van der Waals surface area contributed by atoms with Crippen LogP contribution >= 0.6 is 18.3 Å². The zero-order chi connectivity index (χ0) is 11.9. The molecule has 0 N–H and O–H groups in total. The summed E-state index contributed by atoms with van der Waals surface area (Å²) in [6, 6.07) is 0. The van der Waals surface area contributed by atoms with Crippen molar-refractivity contribution in [2.24, 2.45) is 0 Å². The van der Waals surface area contributed by atoms with Crippen LogP contribution in [-0.2, 0) is 20.9 Å². The lowest BCUT2D eigenvalue weighted by atomic mass is 10.4. The van der Waals surface area contributed by atoms with Gasteiger partial charge < -0.3 is 9.05 Å². The van der Waals surface area contributed by atoms with Crippen molar-refractivity contribution in [3.63, 3.8) is 0 Å². The van der Waals surface area contributed by atoms with Crippen molar-refractivity contribution >= 4 is 30.1 Å². The molecule has 0 saturated carbocycles. The van der Waals surface area contributed by atoms with Crippen molar-refractivity contribution in [2.75, 3.05) is 19.0 Å². The summed E-state index contributed by atoms with van der Waals surface area (Å²) in [7, 11) is 0. The fraction of sp³-hybridized carbons (Fsp3) is 0.800. The van der Waals surface area contributed by atoms with Gasteiger partial charge in [0.2, 0.25) is 6.49 Å². The minimum Gasteiger partial charge on any atom is -0.326 e. The lowest BCUT2D eigenvalue weighted by Crippen LogP contribution is -1.98. The van der Waals surface area contributed by atoms with Gasteiger partial charge in [-0.1, -0.05) is 12.5 Å². The molecule has 0 aromatic rings. The van der Waals surface area contributed by atoms with Gasteiger partial charge in [-0.2, -0.15) is 0 Å². The number of thioether (sulfide) groups is 1. The summed E-state index contributed by atoms with van der Waals surface area (Å²) in [5.41, 5.74) is 1.21. The van der Waals surface area contributed by atoms with E-state index in [2.05, 4.69) is 20.8 Å². The van der Waals surface area contributed by atoms with Crippen LogP contribution in [0.1, 0.15) is 34.6 Å². The third kappa shape index (κ3) is 5.01. The Morgan fingerprint density at radius 1 is 1.13 bits per heavy atom. The van der Waals surface area contributed by atoms with E-state index in [9.17, 15) is 0 Å². The Labute approximate surface area is 103 Å². The minimum absolute atomic E-state index is 0.609. The van der Waals surface area contributed by atoms with Gasteiger partial charge in [-0.3, -0.25) is 0 Å². The van der Waals surface area contributed by atoms with E-state index in [4.69, 9.17) is 20.9 Å². The Kier molecular flexibility index (Phi) is 8.20. The number of allylic oxidation sites excluding steroid dienone is 1. The molecule has 0 spiro atoms. The molecule has 0 fully saturated rings. The first-order chi connectivity index (χ1) is 7.01. The average molecular weight is 268 g/mol. The van der Waals surface area contributed by atoms with Crippen molar-refractivity contribution in [3.05, 3.63) is 10.2 Å². The first kappa shape index (κ1) is 15.7. The lowest BCUT2D eigenvalue weighted by Gasteiger charge is -2.24. The van der Waals surface area contributed by atoms with Crippen LogP contribution in [0.25, 0.3) is 0 Å². The molecule has 0 bridgehead atoms. The molecule has 0 aliphatic heterocycles. The zero-order valence-electron chi connectivity index (χ0n) is 10.2. The normalized spacial score (nSPS) is 11.5. The van der Waals surface area contributed by atoms with Crippen LogP contribution in [0.2, 0.25) is 0 Å². The summed E-state index contributed by atoms with van der Waals surface area (Å²) < 4.78 is 12.5. The molecule has 15 heavy (non-hydrogen) atoms. The second kappa shape index (κ2) is 7.86. The highest BCUT2D eigenvalue weighted by atomic mass is 32.5. The maximum Gasteiger partial charge on any atom is 0.225 e. The summed E-state index contributed by atoms with van der Waals surface area (Å²) >= 11 is 7.30. The van der Waals surface area contributed by atoms with E-state index in [-0.39, 0.29) is 0 Å². The molecule has 0 rings (SSSR count). The summed E-state index contributed by atoms with van der Waals surface area (Å²) in [5, 5.41) is 0. The quantitative estimate of drug-likeness (QED) is 0.638. The molecule has 0 aromatic carbocycles. The fourth-order valence-corrected chi connectivity index (χ4v) is 6.22. The van der Waals surface area contributed by atoms with Crippen LogP contribution in [-0.4, -0.2) is 19.0 Å². The zero-order valence-corrected chi connectivity index (χ0v) is 12.7. The predicted octanol–water partition coefficient (Wildman–Crippen LogP) is 4.37. The fourth-order valence-electron chi connectivity index (χ4n) is 1.13. The molecule has 0 radical (unpaired) electrons. The van der Waals surface area contributed by atoms with E-state index < -0.39 is 6.49 Å². The van der Waals surface area contributed by atoms with Crippen LogP contribution < -0.4 is 0 Å². The number of hydrogen-bond acceptors (Lipinski definition) is 4. The molecule has 0 heterocycles. The number of hydrogen-bond donors (Lipinski definition) is 0. The Hall–Kier alpha value is 0.660. The molecule has 0 saturated heterocycles. The van der Waals surface area contributed by atoms with Crippen LogP contribution in [0, 0.1) is 0 Å². The molecule has 0 amide bonds. The second-order valence-electron chi connectivity index (χ2n) is 3.07. The van der Waals surface area contributed by atoms with Crippen molar-refractivity contribution in [1.29, 1.82) is 0 Å². The molecule has 0 unspecified atom stereocenters. The van der Waals surface area contributed by atoms with Crippen molar-refractivity contribution < 1.29 is 9.05 Å². The standard InChI is InChI=1S/C10H21O2PS2/c1-6-11-13(14,12-7-2)10(9(4)5)15-8-3/h6-8H2,1-5H3. The topological polar surface area (TPSA) is 18.5 Å². The van der Waals surface area contributed by atoms with Gasteiger partial charge in [0.15, 0.2) is 0 Å². The largest absolute Gasteiger partial charge is 0.326 e. The van der Waals surface area contributed by atoms with Gasteiger partial charge >= 0.3 is 0 Å². The highest BCUT2D eigenvalue weighted by Crippen LogP contribution is 2.61. The Morgan fingerprint density at radius 3 is 1.87 bits per heavy atom. The first-order valence-corrected chi connectivity index (χ1v) is 8.84. The summed E-state index contributed by atoms with van der Waals surface area (Å²) in [4.78, 5) is 0. The molecule has 0 aromatic heterocycles. The van der Waals surface area contributed by atoms with Crippen LogP contribution in [0.15, 0.2) is 10.2 Å². The highest BCUT2D eigenvalue weighted by Gasteiger charge is 2.25. The third-order valence-electron chi connectivity index (χ3n) is 1.56. The van der Waals surface area contributed by atoms with E-state index >= 15 is 0 Å². The predicted molar refractivity (Wildman–Crippen MR) is 74.0 cm³/mol. The van der Waals surface area contributed by atoms with Crippen LogP contribution in [0.4, 0.5) is 0 Å². The van der Waals surface area contributed by atoms with Crippen molar-refractivity contribution in [2.45, 2.75) is 34.6 Å². The molecule has 90 valence electrons. The van der Waals surface area contributed by atoms with E-state index in [0.29, 0.717) is 13.2 Å². The maximum absolute atomic E-state index is 5.67. The van der Waals surface area contributed by atoms with Gasteiger partial charge in [0, 0.05) is 0 Å². The smallest absolute Gasteiger partial charge is 0.225 e. The maximum atomic E-state index is 5.67.